The van der Waals surface area contributed by atoms with Crippen molar-refractivity contribution in [3.05, 3.63) is 33.8 Å². The number of benzene rings is 1. The number of quaternary nitrogens is 1. The van der Waals surface area contributed by atoms with E-state index in [1.165, 1.54) is 12.1 Å². The lowest BCUT2D eigenvalue weighted by atomic mass is 9.50. The number of nitrogens with zero attached hydrogens (tertiary/aromatic N) is 1. The molecule has 0 bridgehead atoms. The Labute approximate surface area is 203 Å². The molecule has 4 atom stereocenters. The molecule has 3 rings (SSSR count). The third kappa shape index (κ3) is 5.20. The molecule has 2 fully saturated rings. The average molecular weight is 499 g/mol. The number of rotatable bonds is 8. The monoisotopic (exact) mass is 498 g/mol. The summed E-state index contributed by atoms with van der Waals surface area (Å²) in [6.45, 7) is 3.56. The Morgan fingerprint density at radius 3 is 2.61 bits per heavy atom. The summed E-state index contributed by atoms with van der Waals surface area (Å²) in [6, 6.07) is 4.50. The van der Waals surface area contributed by atoms with Gasteiger partial charge in [0.25, 0.3) is 11.9 Å². The molecule has 2 aliphatic heterocycles. The van der Waals surface area contributed by atoms with Gasteiger partial charge in [-0.3, -0.25) is 19.2 Å². The molecule has 0 aromatic heterocycles. The largest absolute Gasteiger partial charge is 0.604 e. The maximum atomic E-state index is 12.9. The number of halogens is 2. The van der Waals surface area contributed by atoms with E-state index in [0.717, 1.165) is 0 Å². The number of fused-ring (bicyclic) bond motifs is 1. The summed E-state index contributed by atoms with van der Waals surface area (Å²) in [6.07, 6.45) is 0.507. The van der Waals surface area contributed by atoms with E-state index in [-0.39, 0.29) is 52.1 Å². The van der Waals surface area contributed by atoms with E-state index in [2.05, 4.69) is 5.32 Å². The highest BCUT2D eigenvalue weighted by Crippen LogP contribution is 2.46. The van der Waals surface area contributed by atoms with Gasteiger partial charge in [0.15, 0.2) is 0 Å². The Morgan fingerprint density at radius 1 is 1.24 bits per heavy atom. The van der Waals surface area contributed by atoms with Gasteiger partial charge in [0, 0.05) is 12.1 Å². The smallest absolute Gasteiger partial charge is 0.586 e. The second-order valence-electron chi connectivity index (χ2n) is 9.82. The second-order valence-corrected chi connectivity index (χ2v) is 10.7. The summed E-state index contributed by atoms with van der Waals surface area (Å²) in [7, 11) is 1.84. The van der Waals surface area contributed by atoms with E-state index in [4.69, 9.17) is 32.5 Å². The molecule has 11 heteroatoms. The number of likely N-dealkylation sites (N-methyl/N-ethyl adjacent to an activating group) is 1. The Balaban J connectivity index is 1.78. The fourth-order valence-corrected chi connectivity index (χ4v) is 5.52. The molecule has 180 valence electrons. The van der Waals surface area contributed by atoms with Gasteiger partial charge in [-0.2, -0.15) is 0 Å². The van der Waals surface area contributed by atoms with Gasteiger partial charge in [-0.15, -0.1) is 0 Å². The number of ketones is 1. The Morgan fingerprint density at radius 2 is 1.94 bits per heavy atom. The molecule has 1 aromatic carbocycles. The van der Waals surface area contributed by atoms with E-state index in [9.17, 15) is 19.2 Å². The van der Waals surface area contributed by atoms with Gasteiger partial charge in [-0.05, 0) is 43.3 Å². The summed E-state index contributed by atoms with van der Waals surface area (Å²) in [5.41, 5.74) is 0.169. The highest BCUT2D eigenvalue weighted by atomic mass is 35.5. The van der Waals surface area contributed by atoms with E-state index in [1.807, 2.05) is 20.9 Å². The number of carbonyl (C=O) groups excluding carboxylic acids is 4. The minimum atomic E-state index is -2.41. The standard InChI is InChI=1S/C22H29BCl2N2O6/c1-13(2)7-15(23-27(4,12-20(29)32-23)11-14(3)22(31)33-23)8-17(28)10-26-21(30)18-9-16(24)5-6-19(18)25/h5-6,9,13-15H,7-8,10-12H2,1-4H3,(H,26,30)/t14-,15-,23?,27?/m1/s1. The zero-order chi connectivity index (χ0) is 24.6. The van der Waals surface area contributed by atoms with Crippen LogP contribution in [0.2, 0.25) is 15.9 Å². The normalized spacial score (nSPS) is 27.5. The molecule has 8 nitrogen and oxygen atoms in total. The van der Waals surface area contributed by atoms with Gasteiger partial charge >= 0.3 is 12.7 Å². The average Bonchev–Trinajstić information content (AvgIpc) is 2.97. The summed E-state index contributed by atoms with van der Waals surface area (Å²) in [5, 5.41) is 3.15. The van der Waals surface area contributed by atoms with Crippen molar-refractivity contribution in [2.24, 2.45) is 11.8 Å². The van der Waals surface area contributed by atoms with Gasteiger partial charge in [0.2, 0.25) is 0 Å². The van der Waals surface area contributed by atoms with E-state index < -0.39 is 30.3 Å². The zero-order valence-corrected chi connectivity index (χ0v) is 20.7. The third-order valence-electron chi connectivity index (χ3n) is 6.52. The van der Waals surface area contributed by atoms with Crippen LogP contribution in [0.15, 0.2) is 18.2 Å². The predicted molar refractivity (Wildman–Crippen MR) is 125 cm³/mol. The van der Waals surface area contributed by atoms with Crippen LogP contribution in [0.3, 0.4) is 0 Å². The van der Waals surface area contributed by atoms with Gasteiger partial charge in [-0.25, -0.2) is 0 Å². The molecule has 0 aliphatic carbocycles. The minimum Gasteiger partial charge on any atom is -0.604 e. The van der Waals surface area contributed by atoms with Crippen LogP contribution in [0.4, 0.5) is 0 Å². The summed E-state index contributed by atoms with van der Waals surface area (Å²) in [4.78, 5) is 50.3. The van der Waals surface area contributed by atoms with Crippen molar-refractivity contribution in [2.45, 2.75) is 39.4 Å². The predicted octanol–water partition coefficient (Wildman–Crippen LogP) is 3.23. The maximum Gasteiger partial charge on any atom is 0.586 e. The van der Waals surface area contributed by atoms with Crippen molar-refractivity contribution in [1.82, 2.24) is 5.32 Å². The number of amides is 1. The van der Waals surface area contributed by atoms with Crippen LogP contribution in [-0.2, 0) is 23.7 Å². The number of hydrogen-bond acceptors (Lipinski definition) is 6. The first kappa shape index (κ1) is 25.5. The van der Waals surface area contributed by atoms with E-state index in [0.29, 0.717) is 18.0 Å². The molecule has 1 N–H and O–H groups in total. The minimum absolute atomic E-state index is 0.00941. The van der Waals surface area contributed by atoms with Crippen LogP contribution in [0.5, 0.6) is 0 Å². The van der Waals surface area contributed by atoms with Crippen LogP contribution in [0.1, 0.15) is 44.0 Å². The van der Waals surface area contributed by atoms with Gasteiger partial charge in [0.05, 0.1) is 29.6 Å². The maximum absolute atomic E-state index is 12.9. The topological polar surface area (TPSA) is 98.8 Å². The van der Waals surface area contributed by atoms with Crippen LogP contribution >= 0.6 is 23.2 Å². The molecular weight excluding hydrogens is 470 g/mol. The number of nitrogens with one attached hydrogen (secondary N) is 1. The van der Waals surface area contributed by atoms with Gasteiger partial charge in [-0.1, -0.05) is 43.5 Å². The molecule has 0 saturated carbocycles. The number of carbonyl (C=O) groups is 4. The van der Waals surface area contributed by atoms with Crippen LogP contribution in [-0.4, -0.2) is 61.4 Å². The lowest BCUT2D eigenvalue weighted by molar-refractivity contribution is -0.818. The zero-order valence-electron chi connectivity index (χ0n) is 19.2. The first-order chi connectivity index (χ1) is 15.4. The highest BCUT2D eigenvalue weighted by Gasteiger charge is 2.67. The van der Waals surface area contributed by atoms with E-state index >= 15 is 0 Å². The molecule has 1 aromatic rings. The van der Waals surface area contributed by atoms with Crippen LogP contribution in [0.25, 0.3) is 0 Å². The molecule has 2 saturated heterocycles. The Bertz CT molecular complexity index is 990. The molecule has 1 amide bonds. The van der Waals surface area contributed by atoms with Crippen molar-refractivity contribution < 1.29 is 32.9 Å². The molecule has 2 aliphatic rings. The fraction of sp³-hybridized carbons (Fsp3) is 0.545. The van der Waals surface area contributed by atoms with Crippen molar-refractivity contribution in [2.75, 3.05) is 26.7 Å². The van der Waals surface area contributed by atoms with Crippen molar-refractivity contribution >= 4 is 53.5 Å². The molecule has 2 heterocycles. The summed E-state index contributed by atoms with van der Waals surface area (Å²) >= 11 is 12.0. The third-order valence-corrected chi connectivity index (χ3v) is 7.08. The Hall–Kier alpha value is -2.10. The molecule has 33 heavy (non-hydrogen) atoms. The Kier molecular flexibility index (Phi) is 7.46. The van der Waals surface area contributed by atoms with Crippen molar-refractivity contribution in [1.29, 1.82) is 0 Å². The van der Waals surface area contributed by atoms with Crippen LogP contribution in [0, 0.1) is 11.8 Å². The summed E-state index contributed by atoms with van der Waals surface area (Å²) in [5.74, 6) is -2.38. The van der Waals surface area contributed by atoms with Crippen LogP contribution < -0.4 is 5.32 Å². The second kappa shape index (κ2) is 9.64. The molecular formula is C22H29BCl2N2O6. The van der Waals surface area contributed by atoms with Gasteiger partial charge < -0.3 is 19.0 Å². The quantitative estimate of drug-likeness (QED) is 0.552. The van der Waals surface area contributed by atoms with Crippen molar-refractivity contribution in [3.8, 4) is 0 Å². The molecule has 0 spiro atoms. The molecule has 2 unspecified atom stereocenters. The van der Waals surface area contributed by atoms with Crippen molar-refractivity contribution in [3.63, 3.8) is 0 Å². The van der Waals surface area contributed by atoms with E-state index in [1.54, 1.807) is 13.0 Å². The lowest BCUT2D eigenvalue weighted by Gasteiger charge is -2.55. The number of Topliss-reactive ketones (excluding diaryl/α,β-unsaturated/α-hetero) is 1. The van der Waals surface area contributed by atoms with Gasteiger partial charge in [0.1, 0.15) is 12.3 Å². The fourth-order valence-electron chi connectivity index (χ4n) is 5.14. The highest BCUT2D eigenvalue weighted by molar-refractivity contribution is 6.66. The first-order valence-electron chi connectivity index (χ1n) is 11.1. The first-order valence-corrected chi connectivity index (χ1v) is 11.8. The SMILES string of the molecule is CC(C)C[C@H](CC(=O)CNC(=O)c1cc(Cl)ccc1Cl)[B-]12OC(=O)C[N+]1(C)C[C@@H](C)C(=O)O2. The number of hydrogen-bond donors (Lipinski definition) is 1. The summed E-state index contributed by atoms with van der Waals surface area (Å²) < 4.78 is 11.7. The molecule has 0 radical (unpaired) electrons. The lowest BCUT2D eigenvalue weighted by Crippen LogP contribution is -2.73.